The largest absolute Gasteiger partial charge is 0.481 e. The fourth-order valence-corrected chi connectivity index (χ4v) is 3.82. The summed E-state index contributed by atoms with van der Waals surface area (Å²) in [5, 5.41) is 12.5. The molecule has 0 bridgehead atoms. The number of anilines is 1. The Hall–Kier alpha value is -1.89. The molecule has 2 N–H and O–H groups in total. The third kappa shape index (κ3) is 4.10. The van der Waals surface area contributed by atoms with Gasteiger partial charge in [-0.05, 0) is 32.8 Å². The Balaban J connectivity index is 2.16. The van der Waals surface area contributed by atoms with Gasteiger partial charge in [0.25, 0.3) is 0 Å². The highest BCUT2D eigenvalue weighted by atomic mass is 32.1. The number of hydrogen-bond acceptors (Lipinski definition) is 5. The zero-order valence-electron chi connectivity index (χ0n) is 13.3. The summed E-state index contributed by atoms with van der Waals surface area (Å²) in [5.41, 5.74) is 0.324. The molecular formula is C16H21NO5S. The number of nitrogens with one attached hydrogen (secondary N) is 1. The molecule has 7 heteroatoms. The first-order chi connectivity index (χ1) is 10.9. The second-order valence-corrected chi connectivity index (χ2v) is 6.90. The minimum atomic E-state index is -0.933. The number of hydrogen-bond donors (Lipinski definition) is 2. The number of thiophene rings is 1. The Labute approximate surface area is 138 Å². The minimum Gasteiger partial charge on any atom is -0.481 e. The molecule has 1 amide bonds. The van der Waals surface area contributed by atoms with Crippen LogP contribution in [0.1, 0.15) is 47.8 Å². The number of ether oxygens (including phenoxy) is 1. The van der Waals surface area contributed by atoms with Gasteiger partial charge in [-0.1, -0.05) is 12.8 Å². The summed E-state index contributed by atoms with van der Waals surface area (Å²) in [5.74, 6) is -2.96. The quantitative estimate of drug-likeness (QED) is 0.804. The monoisotopic (exact) mass is 339 g/mol. The van der Waals surface area contributed by atoms with Crippen LogP contribution in [-0.4, -0.2) is 29.6 Å². The first-order valence-electron chi connectivity index (χ1n) is 7.75. The van der Waals surface area contributed by atoms with Crippen molar-refractivity contribution in [2.24, 2.45) is 11.8 Å². The van der Waals surface area contributed by atoms with Crippen molar-refractivity contribution in [1.82, 2.24) is 0 Å². The molecular weight excluding hydrogens is 318 g/mol. The molecule has 1 aliphatic carbocycles. The topological polar surface area (TPSA) is 92.7 Å². The van der Waals surface area contributed by atoms with Crippen LogP contribution in [0.2, 0.25) is 0 Å². The molecule has 126 valence electrons. The predicted molar refractivity (Wildman–Crippen MR) is 86.7 cm³/mol. The van der Waals surface area contributed by atoms with E-state index < -0.39 is 23.8 Å². The third-order valence-electron chi connectivity index (χ3n) is 4.01. The van der Waals surface area contributed by atoms with Gasteiger partial charge in [0.1, 0.15) is 5.00 Å². The molecule has 0 aromatic carbocycles. The molecule has 0 saturated heterocycles. The average Bonchev–Trinajstić information content (AvgIpc) is 2.88. The predicted octanol–water partition coefficient (Wildman–Crippen LogP) is 3.06. The number of carboxylic acids is 1. The van der Waals surface area contributed by atoms with Crippen molar-refractivity contribution >= 4 is 34.2 Å². The van der Waals surface area contributed by atoms with E-state index in [2.05, 4.69) is 5.32 Å². The highest BCUT2D eigenvalue weighted by Crippen LogP contribution is 2.33. The summed E-state index contributed by atoms with van der Waals surface area (Å²) in [7, 11) is 0. The van der Waals surface area contributed by atoms with Crippen LogP contribution in [0.3, 0.4) is 0 Å². The first-order valence-corrected chi connectivity index (χ1v) is 8.57. The standard InChI is InChI=1S/C16H21NO5S/c1-3-22-16(21)12-8-9(2)23-14(12)17-13(18)10-6-4-5-7-11(10)15(19)20/h8,10-11H,3-7H2,1-2H3,(H,17,18)(H,19,20)/t10-,11+/m1/s1. The maximum absolute atomic E-state index is 12.5. The van der Waals surface area contributed by atoms with Crippen LogP contribution in [0.5, 0.6) is 0 Å². The molecule has 1 saturated carbocycles. The summed E-state index contributed by atoms with van der Waals surface area (Å²) in [4.78, 5) is 36.7. The molecule has 1 aromatic heterocycles. The number of amides is 1. The zero-order chi connectivity index (χ0) is 17.0. The number of carbonyl (C=O) groups excluding carboxylic acids is 2. The van der Waals surface area contributed by atoms with Gasteiger partial charge >= 0.3 is 11.9 Å². The van der Waals surface area contributed by atoms with Gasteiger partial charge in [0.15, 0.2) is 0 Å². The second-order valence-electron chi connectivity index (χ2n) is 5.65. The summed E-state index contributed by atoms with van der Waals surface area (Å²) >= 11 is 1.29. The van der Waals surface area contributed by atoms with Gasteiger partial charge in [-0.15, -0.1) is 11.3 Å². The molecule has 0 aliphatic heterocycles. The fraction of sp³-hybridized carbons (Fsp3) is 0.562. The highest BCUT2D eigenvalue weighted by molar-refractivity contribution is 7.16. The van der Waals surface area contributed by atoms with E-state index in [-0.39, 0.29) is 12.5 Å². The molecule has 1 fully saturated rings. The van der Waals surface area contributed by atoms with Crippen molar-refractivity contribution in [2.45, 2.75) is 39.5 Å². The van der Waals surface area contributed by atoms with Gasteiger partial charge in [0.05, 0.1) is 24.0 Å². The van der Waals surface area contributed by atoms with Gasteiger partial charge in [-0.25, -0.2) is 4.79 Å². The first kappa shape index (κ1) is 17.5. The Kier molecular flexibility index (Phi) is 5.76. The van der Waals surface area contributed by atoms with Crippen molar-refractivity contribution in [3.63, 3.8) is 0 Å². The third-order valence-corrected chi connectivity index (χ3v) is 4.97. The van der Waals surface area contributed by atoms with Gasteiger partial charge in [-0.3, -0.25) is 9.59 Å². The molecule has 23 heavy (non-hydrogen) atoms. The average molecular weight is 339 g/mol. The molecule has 0 spiro atoms. The molecule has 1 heterocycles. The summed E-state index contributed by atoms with van der Waals surface area (Å²) in [6.45, 7) is 3.81. The molecule has 1 aliphatic rings. The number of aryl methyl sites for hydroxylation is 1. The van der Waals surface area contributed by atoms with Crippen molar-refractivity contribution in [3.05, 3.63) is 16.5 Å². The number of carboxylic acid groups (broad SMARTS) is 1. The normalized spacial score (nSPS) is 20.8. The van der Waals surface area contributed by atoms with Gasteiger partial charge < -0.3 is 15.2 Å². The molecule has 1 aromatic rings. The minimum absolute atomic E-state index is 0.255. The Bertz CT molecular complexity index is 610. The van der Waals surface area contributed by atoms with E-state index in [1.54, 1.807) is 13.0 Å². The van der Waals surface area contributed by atoms with Crippen LogP contribution in [-0.2, 0) is 14.3 Å². The maximum atomic E-state index is 12.5. The van der Waals surface area contributed by atoms with E-state index in [0.717, 1.165) is 17.7 Å². The van der Waals surface area contributed by atoms with Crippen LogP contribution in [0.15, 0.2) is 6.07 Å². The molecule has 6 nitrogen and oxygen atoms in total. The summed E-state index contributed by atoms with van der Waals surface area (Å²) in [6.07, 6.45) is 2.74. The van der Waals surface area contributed by atoms with Crippen LogP contribution < -0.4 is 5.32 Å². The molecule has 0 radical (unpaired) electrons. The maximum Gasteiger partial charge on any atom is 0.341 e. The zero-order valence-corrected chi connectivity index (χ0v) is 14.1. The summed E-state index contributed by atoms with van der Waals surface area (Å²) < 4.78 is 4.99. The lowest BCUT2D eigenvalue weighted by atomic mass is 9.79. The van der Waals surface area contributed by atoms with E-state index in [4.69, 9.17) is 4.74 Å². The van der Waals surface area contributed by atoms with E-state index >= 15 is 0 Å². The van der Waals surface area contributed by atoms with Crippen molar-refractivity contribution in [2.75, 3.05) is 11.9 Å². The van der Waals surface area contributed by atoms with Crippen molar-refractivity contribution in [1.29, 1.82) is 0 Å². The van der Waals surface area contributed by atoms with Gasteiger partial charge in [0, 0.05) is 4.88 Å². The van der Waals surface area contributed by atoms with E-state index in [0.29, 0.717) is 23.4 Å². The number of aliphatic carboxylic acids is 1. The lowest BCUT2D eigenvalue weighted by Crippen LogP contribution is -2.36. The lowest BCUT2D eigenvalue weighted by molar-refractivity contribution is -0.147. The van der Waals surface area contributed by atoms with E-state index in [1.165, 1.54) is 11.3 Å². The Morgan fingerprint density at radius 3 is 2.57 bits per heavy atom. The SMILES string of the molecule is CCOC(=O)c1cc(C)sc1NC(=O)[C@@H]1CCCC[C@@H]1C(=O)O. The molecule has 2 atom stereocenters. The van der Waals surface area contributed by atoms with Crippen LogP contribution >= 0.6 is 11.3 Å². The molecule has 2 rings (SSSR count). The van der Waals surface area contributed by atoms with Crippen molar-refractivity contribution in [3.8, 4) is 0 Å². The summed E-state index contributed by atoms with van der Waals surface area (Å²) in [6, 6.07) is 1.67. The van der Waals surface area contributed by atoms with E-state index in [9.17, 15) is 19.5 Å². The lowest BCUT2D eigenvalue weighted by Gasteiger charge is -2.27. The number of esters is 1. The number of rotatable bonds is 5. The second kappa shape index (κ2) is 7.59. The Morgan fingerprint density at radius 2 is 1.96 bits per heavy atom. The van der Waals surface area contributed by atoms with Crippen LogP contribution in [0.4, 0.5) is 5.00 Å². The fourth-order valence-electron chi connectivity index (χ4n) is 2.91. The van der Waals surface area contributed by atoms with Crippen molar-refractivity contribution < 1.29 is 24.2 Å². The smallest absolute Gasteiger partial charge is 0.341 e. The van der Waals surface area contributed by atoms with Crippen LogP contribution in [0.25, 0.3) is 0 Å². The van der Waals surface area contributed by atoms with Gasteiger partial charge in [-0.2, -0.15) is 0 Å². The van der Waals surface area contributed by atoms with E-state index in [1.807, 2.05) is 6.92 Å². The van der Waals surface area contributed by atoms with Crippen LogP contribution in [0, 0.1) is 18.8 Å². The highest BCUT2D eigenvalue weighted by Gasteiger charge is 2.36. The Morgan fingerprint density at radius 1 is 1.30 bits per heavy atom. The van der Waals surface area contributed by atoms with Gasteiger partial charge in [0.2, 0.25) is 5.91 Å². The number of carbonyl (C=O) groups is 3. The molecule has 0 unspecified atom stereocenters.